The molecule has 4 nitrogen and oxygen atoms in total. The number of nitrogens with zero attached hydrogens (tertiary/aromatic N) is 1. The topological polar surface area (TPSA) is 54.0 Å². The molecule has 19 heavy (non-hydrogen) atoms. The van der Waals surface area contributed by atoms with E-state index >= 15 is 0 Å². The van der Waals surface area contributed by atoms with E-state index in [0.29, 0.717) is 0 Å². The van der Waals surface area contributed by atoms with Crippen LogP contribution in [0.5, 0.6) is 0 Å². The summed E-state index contributed by atoms with van der Waals surface area (Å²) in [6, 6.07) is 7.73. The van der Waals surface area contributed by atoms with Crippen LogP contribution in [0.25, 0.3) is 11.3 Å². The average Bonchev–Trinajstić information content (AvgIpc) is 2.71. The summed E-state index contributed by atoms with van der Waals surface area (Å²) < 4.78 is 0. The van der Waals surface area contributed by atoms with Crippen LogP contribution in [0.2, 0.25) is 0 Å². The van der Waals surface area contributed by atoms with Gasteiger partial charge in [-0.1, -0.05) is 12.1 Å². The molecule has 0 aliphatic rings. The molecule has 0 saturated heterocycles. The molecule has 2 rings (SSSR count). The number of thiazole rings is 1. The van der Waals surface area contributed by atoms with Crippen LogP contribution in [0.1, 0.15) is 18.7 Å². The maximum atomic E-state index is 11.0. The van der Waals surface area contributed by atoms with Gasteiger partial charge in [-0.05, 0) is 26.0 Å². The van der Waals surface area contributed by atoms with E-state index in [1.54, 1.807) is 11.3 Å². The van der Waals surface area contributed by atoms with Crippen molar-refractivity contribution >= 4 is 28.1 Å². The fourth-order valence-corrected chi connectivity index (χ4v) is 2.71. The molecule has 0 bridgehead atoms. The Morgan fingerprint density at radius 2 is 2.00 bits per heavy atom. The smallest absolute Gasteiger partial charge is 0.221 e. The molecule has 0 fully saturated rings. The number of rotatable bonds is 4. The maximum absolute atomic E-state index is 11.0. The molecule has 0 aliphatic carbocycles. The summed E-state index contributed by atoms with van der Waals surface area (Å²) in [7, 11) is 0. The van der Waals surface area contributed by atoms with Crippen LogP contribution in [-0.4, -0.2) is 17.4 Å². The lowest BCUT2D eigenvalue weighted by atomic mass is 10.1. The summed E-state index contributed by atoms with van der Waals surface area (Å²) in [6.45, 7) is 6.49. The Hall–Kier alpha value is -1.88. The van der Waals surface area contributed by atoms with Gasteiger partial charge in [0.15, 0.2) is 5.13 Å². The van der Waals surface area contributed by atoms with Gasteiger partial charge in [-0.25, -0.2) is 4.98 Å². The van der Waals surface area contributed by atoms with Crippen molar-refractivity contribution in [1.29, 1.82) is 0 Å². The van der Waals surface area contributed by atoms with Crippen molar-refractivity contribution in [2.75, 3.05) is 17.2 Å². The highest BCUT2D eigenvalue weighted by atomic mass is 32.1. The number of hydrogen-bond donors (Lipinski definition) is 2. The third-order valence-corrected chi connectivity index (χ3v) is 3.53. The zero-order valence-corrected chi connectivity index (χ0v) is 12.1. The molecule has 2 aromatic rings. The molecular weight excluding hydrogens is 258 g/mol. The van der Waals surface area contributed by atoms with Crippen LogP contribution in [0.4, 0.5) is 10.8 Å². The second-order valence-electron chi connectivity index (χ2n) is 4.21. The van der Waals surface area contributed by atoms with Crippen molar-refractivity contribution < 1.29 is 4.79 Å². The van der Waals surface area contributed by atoms with E-state index in [-0.39, 0.29) is 5.91 Å². The number of carbonyl (C=O) groups is 1. The van der Waals surface area contributed by atoms with Crippen molar-refractivity contribution in [3.05, 3.63) is 29.1 Å². The van der Waals surface area contributed by atoms with E-state index in [9.17, 15) is 4.79 Å². The number of anilines is 2. The van der Waals surface area contributed by atoms with Crippen LogP contribution in [0.3, 0.4) is 0 Å². The van der Waals surface area contributed by atoms with Crippen molar-refractivity contribution in [3.63, 3.8) is 0 Å². The lowest BCUT2D eigenvalue weighted by molar-refractivity contribution is -0.114. The van der Waals surface area contributed by atoms with Gasteiger partial charge in [0.25, 0.3) is 0 Å². The summed E-state index contributed by atoms with van der Waals surface area (Å²) in [6.07, 6.45) is 0. The molecule has 5 heteroatoms. The van der Waals surface area contributed by atoms with Gasteiger partial charge in [0.2, 0.25) is 5.91 Å². The molecule has 1 aromatic carbocycles. The molecule has 1 heterocycles. The van der Waals surface area contributed by atoms with Gasteiger partial charge in [0.05, 0.1) is 5.69 Å². The number of amides is 1. The molecule has 1 amide bonds. The summed E-state index contributed by atoms with van der Waals surface area (Å²) in [5.41, 5.74) is 2.86. The fourth-order valence-electron chi connectivity index (χ4n) is 1.81. The lowest BCUT2D eigenvalue weighted by Gasteiger charge is -2.03. The fraction of sp³-hybridized carbons (Fsp3) is 0.286. The van der Waals surface area contributed by atoms with E-state index in [1.165, 1.54) is 11.8 Å². The summed E-state index contributed by atoms with van der Waals surface area (Å²) >= 11 is 1.66. The number of aromatic nitrogens is 1. The Balaban J connectivity index is 2.24. The zero-order chi connectivity index (χ0) is 13.8. The minimum Gasteiger partial charge on any atom is -0.362 e. The molecule has 100 valence electrons. The van der Waals surface area contributed by atoms with Gasteiger partial charge in [0.1, 0.15) is 0 Å². The number of nitrogens with one attached hydrogen (secondary N) is 2. The largest absolute Gasteiger partial charge is 0.362 e. The van der Waals surface area contributed by atoms with Crippen molar-refractivity contribution in [3.8, 4) is 11.3 Å². The van der Waals surface area contributed by atoms with E-state index in [0.717, 1.165) is 28.6 Å². The summed E-state index contributed by atoms with van der Waals surface area (Å²) in [4.78, 5) is 16.7. The SMILES string of the molecule is CCNc1nc(-c2ccc(NC(C)=O)cc2)c(C)s1. The van der Waals surface area contributed by atoms with Crippen LogP contribution >= 0.6 is 11.3 Å². The van der Waals surface area contributed by atoms with Crippen molar-refractivity contribution in [1.82, 2.24) is 4.98 Å². The maximum Gasteiger partial charge on any atom is 0.221 e. The minimum absolute atomic E-state index is 0.0629. The van der Waals surface area contributed by atoms with Gasteiger partial charge < -0.3 is 10.6 Å². The quantitative estimate of drug-likeness (QED) is 0.897. The Morgan fingerprint density at radius 3 is 2.58 bits per heavy atom. The van der Waals surface area contributed by atoms with E-state index in [4.69, 9.17) is 0 Å². The Bertz CT molecular complexity index is 575. The zero-order valence-electron chi connectivity index (χ0n) is 11.3. The van der Waals surface area contributed by atoms with Crippen molar-refractivity contribution in [2.45, 2.75) is 20.8 Å². The molecule has 0 radical (unpaired) electrons. The third kappa shape index (κ3) is 3.32. The lowest BCUT2D eigenvalue weighted by Crippen LogP contribution is -2.05. The van der Waals surface area contributed by atoms with Gasteiger partial charge in [-0.15, -0.1) is 11.3 Å². The van der Waals surface area contributed by atoms with Crippen LogP contribution < -0.4 is 10.6 Å². The van der Waals surface area contributed by atoms with E-state index < -0.39 is 0 Å². The molecule has 0 atom stereocenters. The Kier molecular flexibility index (Phi) is 4.16. The first-order valence-corrected chi connectivity index (χ1v) is 7.01. The number of hydrogen-bond acceptors (Lipinski definition) is 4. The van der Waals surface area contributed by atoms with E-state index in [1.807, 2.05) is 24.3 Å². The van der Waals surface area contributed by atoms with Gasteiger partial charge in [-0.3, -0.25) is 4.79 Å². The van der Waals surface area contributed by atoms with Gasteiger partial charge in [0, 0.05) is 29.6 Å². The third-order valence-electron chi connectivity index (χ3n) is 2.60. The monoisotopic (exact) mass is 275 g/mol. The minimum atomic E-state index is -0.0629. The second-order valence-corrected chi connectivity index (χ2v) is 5.42. The van der Waals surface area contributed by atoms with Crippen LogP contribution in [-0.2, 0) is 4.79 Å². The highest BCUT2D eigenvalue weighted by molar-refractivity contribution is 7.16. The Morgan fingerprint density at radius 1 is 1.32 bits per heavy atom. The molecular formula is C14H17N3OS. The molecule has 0 saturated carbocycles. The number of aryl methyl sites for hydroxylation is 1. The second kappa shape index (κ2) is 5.84. The predicted molar refractivity (Wildman–Crippen MR) is 80.8 cm³/mol. The standard InChI is InChI=1S/C14H17N3OS/c1-4-15-14-17-13(9(2)19-14)11-5-7-12(8-6-11)16-10(3)18/h5-8H,4H2,1-3H3,(H,15,17)(H,16,18). The first kappa shape index (κ1) is 13.5. The molecule has 2 N–H and O–H groups in total. The molecule has 0 aliphatic heterocycles. The summed E-state index contributed by atoms with van der Waals surface area (Å²) in [5.74, 6) is -0.0629. The highest BCUT2D eigenvalue weighted by Gasteiger charge is 2.09. The van der Waals surface area contributed by atoms with E-state index in [2.05, 4.69) is 29.5 Å². The van der Waals surface area contributed by atoms with Crippen LogP contribution in [0, 0.1) is 6.92 Å². The first-order valence-electron chi connectivity index (χ1n) is 6.19. The molecule has 1 aromatic heterocycles. The number of carbonyl (C=O) groups excluding carboxylic acids is 1. The van der Waals surface area contributed by atoms with Gasteiger partial charge >= 0.3 is 0 Å². The summed E-state index contributed by atoms with van der Waals surface area (Å²) in [5, 5.41) is 6.93. The average molecular weight is 275 g/mol. The van der Waals surface area contributed by atoms with Crippen LogP contribution in [0.15, 0.2) is 24.3 Å². The Labute approximate surface area is 116 Å². The number of benzene rings is 1. The first-order chi connectivity index (χ1) is 9.10. The highest BCUT2D eigenvalue weighted by Crippen LogP contribution is 2.30. The van der Waals surface area contributed by atoms with Crippen molar-refractivity contribution in [2.24, 2.45) is 0 Å². The predicted octanol–water partition coefficient (Wildman–Crippen LogP) is 3.51. The molecule has 0 spiro atoms. The normalized spacial score (nSPS) is 10.3. The van der Waals surface area contributed by atoms with Gasteiger partial charge in [-0.2, -0.15) is 0 Å². The molecule has 0 unspecified atom stereocenters.